The molecule has 4 N–H and O–H groups in total. The second-order valence-electron chi connectivity index (χ2n) is 7.63. The second kappa shape index (κ2) is 9.73. The number of nitriles is 1. The summed E-state index contributed by atoms with van der Waals surface area (Å²) in [5.74, 6) is -0.445. The van der Waals surface area contributed by atoms with Crippen LogP contribution in [0, 0.1) is 16.7 Å². The topological polar surface area (TPSA) is 122 Å². The number of carbonyl (C=O) groups excluding carboxylic acids is 1. The first-order valence-electron chi connectivity index (χ1n) is 9.98. The first-order chi connectivity index (χ1) is 14.9. The van der Waals surface area contributed by atoms with Gasteiger partial charge in [-0.05, 0) is 69.0 Å². The molecule has 1 aliphatic rings. The molecule has 1 aliphatic carbocycles. The molecule has 1 heterocycles. The average molecular weight is 438 g/mol. The highest BCUT2D eigenvalue weighted by atomic mass is 35.5. The molecule has 1 amide bonds. The molecule has 1 fully saturated rings. The molecule has 160 valence electrons. The van der Waals surface area contributed by atoms with Gasteiger partial charge in [-0.3, -0.25) is 9.78 Å². The fourth-order valence-corrected chi connectivity index (χ4v) is 3.76. The Morgan fingerprint density at radius 2 is 1.87 bits per heavy atom. The summed E-state index contributed by atoms with van der Waals surface area (Å²) >= 11 is 5.89. The Labute approximate surface area is 186 Å². The first-order valence-corrected chi connectivity index (χ1v) is 10.4. The lowest BCUT2D eigenvalue weighted by Gasteiger charge is -2.32. The maximum atomic E-state index is 12.7. The number of carbonyl (C=O) groups is 1. The fraction of sp³-hybridized carbons (Fsp3) is 0.304. The van der Waals surface area contributed by atoms with Gasteiger partial charge in [-0.2, -0.15) is 5.26 Å². The largest absolute Gasteiger partial charge is 0.393 e. The van der Waals surface area contributed by atoms with E-state index in [9.17, 15) is 15.2 Å². The first kappa shape index (κ1) is 22.5. The van der Waals surface area contributed by atoms with Gasteiger partial charge in [0.1, 0.15) is 0 Å². The van der Waals surface area contributed by atoms with Crippen molar-refractivity contribution >= 4 is 35.1 Å². The molecule has 0 radical (unpaired) electrons. The van der Waals surface area contributed by atoms with E-state index < -0.39 is 11.3 Å². The summed E-state index contributed by atoms with van der Waals surface area (Å²) in [6.07, 6.45) is 4.39. The van der Waals surface area contributed by atoms with Gasteiger partial charge in [0.2, 0.25) is 0 Å². The van der Waals surface area contributed by atoms with E-state index >= 15 is 0 Å². The van der Waals surface area contributed by atoms with E-state index in [0.29, 0.717) is 47.8 Å². The van der Waals surface area contributed by atoms with Crippen LogP contribution in [0.2, 0.25) is 5.02 Å². The Hall–Kier alpha value is -3.21. The van der Waals surface area contributed by atoms with Crippen LogP contribution >= 0.6 is 11.6 Å². The van der Waals surface area contributed by atoms with Crippen LogP contribution in [0.3, 0.4) is 0 Å². The summed E-state index contributed by atoms with van der Waals surface area (Å²) < 4.78 is 0. The molecule has 0 aliphatic heterocycles. The zero-order valence-corrected chi connectivity index (χ0v) is 17.9. The Morgan fingerprint density at radius 1 is 1.23 bits per heavy atom. The molecule has 0 bridgehead atoms. The van der Waals surface area contributed by atoms with Crippen LogP contribution in [-0.4, -0.2) is 28.3 Å². The third-order valence-corrected chi connectivity index (χ3v) is 5.76. The van der Waals surface area contributed by atoms with E-state index in [1.165, 1.54) is 6.20 Å². The predicted molar refractivity (Wildman–Crippen MR) is 121 cm³/mol. The molecule has 0 atom stereocenters. The lowest BCUT2D eigenvalue weighted by Crippen LogP contribution is -2.33. The number of amides is 1. The standard InChI is InChI=1S/C23H24ClN5O2/c1-15(28-17-4-2-16(24)3-5-17)20(12-25)22(31)29-18-6-7-21(27-13-18)23(14-26)10-8-19(30)9-11-23/h2-7,12-13,19,25,28,30H,8-11H2,1H3,(H,29,31)/b20-15+,25-12?/t19-,23+. The highest BCUT2D eigenvalue weighted by Crippen LogP contribution is 2.38. The minimum Gasteiger partial charge on any atom is -0.393 e. The number of hydrogen-bond donors (Lipinski definition) is 4. The maximum Gasteiger partial charge on any atom is 0.259 e. The van der Waals surface area contributed by atoms with Gasteiger partial charge in [0.15, 0.2) is 0 Å². The molecular formula is C23H24ClN5O2. The number of pyridine rings is 1. The molecule has 31 heavy (non-hydrogen) atoms. The Bertz CT molecular complexity index is 1020. The van der Waals surface area contributed by atoms with Gasteiger partial charge < -0.3 is 21.1 Å². The summed E-state index contributed by atoms with van der Waals surface area (Å²) in [6.45, 7) is 1.71. The lowest BCUT2D eigenvalue weighted by molar-refractivity contribution is -0.112. The summed E-state index contributed by atoms with van der Waals surface area (Å²) in [5.41, 5.74) is 1.84. The molecule has 3 rings (SSSR count). The quantitative estimate of drug-likeness (QED) is 0.394. The van der Waals surface area contributed by atoms with Crippen molar-refractivity contribution in [3.63, 3.8) is 0 Å². The maximum absolute atomic E-state index is 12.7. The summed E-state index contributed by atoms with van der Waals surface area (Å²) in [7, 11) is 0. The summed E-state index contributed by atoms with van der Waals surface area (Å²) in [4.78, 5) is 17.1. The predicted octanol–water partition coefficient (Wildman–Crippen LogP) is 4.41. The minimum absolute atomic E-state index is 0.175. The molecule has 0 spiro atoms. The molecular weight excluding hydrogens is 414 g/mol. The summed E-state index contributed by atoms with van der Waals surface area (Å²) in [5, 5.41) is 33.5. The Kier molecular flexibility index (Phi) is 7.06. The van der Waals surface area contributed by atoms with Crippen molar-refractivity contribution in [1.29, 1.82) is 10.7 Å². The number of halogens is 1. The van der Waals surface area contributed by atoms with Crippen molar-refractivity contribution in [2.24, 2.45) is 0 Å². The third-order valence-electron chi connectivity index (χ3n) is 5.50. The number of anilines is 2. The van der Waals surface area contributed by atoms with Gasteiger partial charge in [0, 0.05) is 22.6 Å². The molecule has 1 saturated carbocycles. The molecule has 7 nitrogen and oxygen atoms in total. The summed E-state index contributed by atoms with van der Waals surface area (Å²) in [6, 6.07) is 12.8. The Balaban J connectivity index is 1.72. The van der Waals surface area contributed by atoms with E-state index in [2.05, 4.69) is 21.7 Å². The Morgan fingerprint density at radius 3 is 2.42 bits per heavy atom. The van der Waals surface area contributed by atoms with E-state index in [0.717, 1.165) is 11.9 Å². The smallest absolute Gasteiger partial charge is 0.259 e. The molecule has 0 unspecified atom stereocenters. The van der Waals surface area contributed by atoms with Crippen molar-refractivity contribution in [2.45, 2.75) is 44.1 Å². The van der Waals surface area contributed by atoms with Gasteiger partial charge in [-0.15, -0.1) is 0 Å². The highest BCUT2D eigenvalue weighted by molar-refractivity contribution is 6.30. The van der Waals surface area contributed by atoms with Crippen LogP contribution < -0.4 is 10.6 Å². The van der Waals surface area contributed by atoms with Crippen molar-refractivity contribution in [3.05, 3.63) is 64.6 Å². The number of nitrogens with one attached hydrogen (secondary N) is 3. The van der Waals surface area contributed by atoms with Crippen LogP contribution in [0.4, 0.5) is 11.4 Å². The molecule has 1 aromatic heterocycles. The number of aliphatic hydroxyl groups excluding tert-OH is 1. The van der Waals surface area contributed by atoms with Crippen LogP contribution in [0.1, 0.15) is 38.3 Å². The highest BCUT2D eigenvalue weighted by Gasteiger charge is 2.37. The van der Waals surface area contributed by atoms with E-state index in [-0.39, 0.29) is 11.7 Å². The number of rotatable bonds is 6. The number of nitrogens with zero attached hydrogens (tertiary/aromatic N) is 2. The normalized spacial score (nSPS) is 21.4. The number of allylic oxidation sites excluding steroid dienone is 1. The fourth-order valence-electron chi connectivity index (χ4n) is 3.63. The van der Waals surface area contributed by atoms with Gasteiger partial charge in [-0.1, -0.05) is 11.6 Å². The van der Waals surface area contributed by atoms with Crippen molar-refractivity contribution in [3.8, 4) is 6.07 Å². The third kappa shape index (κ3) is 5.29. The van der Waals surface area contributed by atoms with Gasteiger partial charge in [-0.25, -0.2) is 0 Å². The molecule has 2 aromatic rings. The van der Waals surface area contributed by atoms with E-state index in [1.54, 1.807) is 43.3 Å². The second-order valence-corrected chi connectivity index (χ2v) is 8.06. The average Bonchev–Trinajstić information content (AvgIpc) is 2.77. The van der Waals surface area contributed by atoms with Crippen molar-refractivity contribution in [2.75, 3.05) is 10.6 Å². The van der Waals surface area contributed by atoms with Crippen LogP contribution in [0.15, 0.2) is 53.9 Å². The monoisotopic (exact) mass is 437 g/mol. The SMILES string of the molecule is C/C(Nc1ccc(Cl)cc1)=C(/C=N)C(=O)Nc1ccc([C@]2(C#N)CC[C@H](O)CC2)nc1. The lowest BCUT2D eigenvalue weighted by atomic mass is 9.72. The molecule has 0 saturated heterocycles. The number of benzene rings is 1. The van der Waals surface area contributed by atoms with Crippen LogP contribution in [0.25, 0.3) is 0 Å². The van der Waals surface area contributed by atoms with Crippen LogP contribution in [0.5, 0.6) is 0 Å². The van der Waals surface area contributed by atoms with Crippen molar-refractivity contribution < 1.29 is 9.90 Å². The van der Waals surface area contributed by atoms with E-state index in [4.69, 9.17) is 17.0 Å². The number of hydrogen-bond acceptors (Lipinski definition) is 6. The minimum atomic E-state index is -0.707. The number of aliphatic hydroxyl groups is 1. The van der Waals surface area contributed by atoms with Gasteiger partial charge in [0.05, 0.1) is 40.7 Å². The zero-order valence-electron chi connectivity index (χ0n) is 17.2. The number of aromatic nitrogens is 1. The van der Waals surface area contributed by atoms with Crippen molar-refractivity contribution in [1.82, 2.24) is 4.98 Å². The zero-order chi connectivity index (χ0) is 22.4. The van der Waals surface area contributed by atoms with Gasteiger partial charge >= 0.3 is 0 Å². The molecule has 8 heteroatoms. The molecule has 1 aromatic carbocycles. The van der Waals surface area contributed by atoms with E-state index in [1.807, 2.05) is 0 Å². The van der Waals surface area contributed by atoms with Crippen LogP contribution in [-0.2, 0) is 10.2 Å². The van der Waals surface area contributed by atoms with Gasteiger partial charge in [0.25, 0.3) is 5.91 Å².